The Hall–Kier alpha value is -1.55. The third-order valence-electron chi connectivity index (χ3n) is 3.65. The molecule has 1 fully saturated rings. The monoisotopic (exact) mass is 263 g/mol. The first-order valence-electron chi connectivity index (χ1n) is 6.87. The van der Waals surface area contributed by atoms with Gasteiger partial charge in [0.15, 0.2) is 0 Å². The lowest BCUT2D eigenvalue weighted by Gasteiger charge is -2.20. The van der Waals surface area contributed by atoms with Crippen molar-refractivity contribution < 1.29 is 14.6 Å². The summed E-state index contributed by atoms with van der Waals surface area (Å²) in [4.78, 5) is 13.2. The van der Waals surface area contributed by atoms with E-state index in [9.17, 15) is 4.79 Å². The summed E-state index contributed by atoms with van der Waals surface area (Å²) >= 11 is 0. The number of hydrogen-bond donors (Lipinski definition) is 1. The first-order chi connectivity index (χ1) is 9.16. The highest BCUT2D eigenvalue weighted by atomic mass is 16.5. The quantitative estimate of drug-likeness (QED) is 0.802. The Morgan fingerprint density at radius 3 is 2.74 bits per heavy atom. The van der Waals surface area contributed by atoms with Gasteiger partial charge < -0.3 is 14.7 Å². The number of carboxylic acids is 1. The van der Waals surface area contributed by atoms with E-state index in [1.54, 1.807) is 24.3 Å². The third kappa shape index (κ3) is 3.96. The van der Waals surface area contributed by atoms with Gasteiger partial charge in [0.1, 0.15) is 5.75 Å². The molecule has 1 aliphatic heterocycles. The van der Waals surface area contributed by atoms with Crippen molar-refractivity contribution in [3.63, 3.8) is 0 Å². The van der Waals surface area contributed by atoms with Crippen LogP contribution in [0.25, 0.3) is 0 Å². The van der Waals surface area contributed by atoms with Crippen LogP contribution in [0.5, 0.6) is 5.75 Å². The molecule has 104 valence electrons. The van der Waals surface area contributed by atoms with Gasteiger partial charge in [-0.3, -0.25) is 0 Å². The van der Waals surface area contributed by atoms with Crippen LogP contribution in [-0.4, -0.2) is 41.7 Å². The molecule has 0 spiro atoms. The fourth-order valence-corrected chi connectivity index (χ4v) is 2.48. The summed E-state index contributed by atoms with van der Waals surface area (Å²) in [6.07, 6.45) is 3.61. The molecular weight excluding hydrogens is 242 g/mol. The molecule has 1 heterocycles. The Kier molecular flexibility index (Phi) is 4.80. The van der Waals surface area contributed by atoms with Crippen LogP contribution in [0.3, 0.4) is 0 Å². The lowest BCUT2D eigenvalue weighted by Crippen LogP contribution is -2.28. The van der Waals surface area contributed by atoms with Crippen molar-refractivity contribution in [1.29, 1.82) is 0 Å². The smallest absolute Gasteiger partial charge is 0.335 e. The fraction of sp³-hybridized carbons (Fsp3) is 0.533. The SMILES string of the molecule is CC1CCCN1CCCOc1ccc(C(=O)O)cc1. The van der Waals surface area contributed by atoms with Crippen molar-refractivity contribution in [3.05, 3.63) is 29.8 Å². The summed E-state index contributed by atoms with van der Waals surface area (Å²) in [5.41, 5.74) is 0.290. The zero-order chi connectivity index (χ0) is 13.7. The number of likely N-dealkylation sites (tertiary alicyclic amines) is 1. The topological polar surface area (TPSA) is 49.8 Å². The van der Waals surface area contributed by atoms with Gasteiger partial charge in [0.25, 0.3) is 0 Å². The minimum Gasteiger partial charge on any atom is -0.494 e. The van der Waals surface area contributed by atoms with E-state index < -0.39 is 5.97 Å². The maximum Gasteiger partial charge on any atom is 0.335 e. The van der Waals surface area contributed by atoms with Crippen LogP contribution in [0.4, 0.5) is 0 Å². The van der Waals surface area contributed by atoms with Gasteiger partial charge in [0.05, 0.1) is 12.2 Å². The van der Waals surface area contributed by atoms with E-state index in [0.29, 0.717) is 18.2 Å². The molecule has 1 aromatic rings. The van der Waals surface area contributed by atoms with Crippen molar-refractivity contribution in [2.75, 3.05) is 19.7 Å². The molecule has 1 aliphatic rings. The van der Waals surface area contributed by atoms with Gasteiger partial charge in [-0.25, -0.2) is 4.79 Å². The molecule has 1 N–H and O–H groups in total. The minimum absolute atomic E-state index is 0.290. The molecule has 0 saturated carbocycles. The van der Waals surface area contributed by atoms with Gasteiger partial charge in [0, 0.05) is 12.6 Å². The molecular formula is C15H21NO3. The van der Waals surface area contributed by atoms with Crippen LogP contribution < -0.4 is 4.74 Å². The van der Waals surface area contributed by atoms with Crippen LogP contribution in [0.1, 0.15) is 36.5 Å². The molecule has 1 saturated heterocycles. The summed E-state index contributed by atoms with van der Waals surface area (Å²) in [5.74, 6) is -0.172. The van der Waals surface area contributed by atoms with Crippen molar-refractivity contribution in [3.8, 4) is 5.75 Å². The molecule has 1 unspecified atom stereocenters. The molecule has 0 aromatic heterocycles. The van der Waals surface area contributed by atoms with Crippen molar-refractivity contribution in [2.24, 2.45) is 0 Å². The van der Waals surface area contributed by atoms with Gasteiger partial charge in [-0.15, -0.1) is 0 Å². The second-order valence-corrected chi connectivity index (χ2v) is 5.06. The average Bonchev–Trinajstić information content (AvgIpc) is 2.81. The van der Waals surface area contributed by atoms with Gasteiger partial charge in [-0.2, -0.15) is 0 Å². The van der Waals surface area contributed by atoms with Crippen molar-refractivity contribution >= 4 is 5.97 Å². The highest BCUT2D eigenvalue weighted by Crippen LogP contribution is 2.17. The van der Waals surface area contributed by atoms with E-state index in [-0.39, 0.29) is 0 Å². The minimum atomic E-state index is -0.908. The van der Waals surface area contributed by atoms with E-state index in [1.165, 1.54) is 19.4 Å². The highest BCUT2D eigenvalue weighted by Gasteiger charge is 2.18. The maximum atomic E-state index is 10.7. The Morgan fingerprint density at radius 1 is 1.42 bits per heavy atom. The molecule has 1 aromatic carbocycles. The van der Waals surface area contributed by atoms with E-state index in [4.69, 9.17) is 9.84 Å². The number of aromatic carboxylic acids is 1. The van der Waals surface area contributed by atoms with Crippen LogP contribution >= 0.6 is 0 Å². The van der Waals surface area contributed by atoms with E-state index in [1.807, 2.05) is 0 Å². The van der Waals surface area contributed by atoms with Gasteiger partial charge in [0.2, 0.25) is 0 Å². The molecule has 0 amide bonds. The number of carboxylic acid groups (broad SMARTS) is 1. The summed E-state index contributed by atoms with van der Waals surface area (Å²) in [6, 6.07) is 7.26. The largest absolute Gasteiger partial charge is 0.494 e. The summed E-state index contributed by atoms with van der Waals surface area (Å²) in [7, 11) is 0. The highest BCUT2D eigenvalue weighted by molar-refractivity contribution is 5.87. The number of carbonyl (C=O) groups is 1. The van der Waals surface area contributed by atoms with Crippen molar-refractivity contribution in [2.45, 2.75) is 32.2 Å². The number of benzene rings is 1. The Morgan fingerprint density at radius 2 is 2.16 bits per heavy atom. The fourth-order valence-electron chi connectivity index (χ4n) is 2.48. The molecule has 0 radical (unpaired) electrons. The first kappa shape index (κ1) is 13.9. The molecule has 0 aliphatic carbocycles. The van der Waals surface area contributed by atoms with Crippen LogP contribution in [-0.2, 0) is 0 Å². The van der Waals surface area contributed by atoms with Gasteiger partial charge in [-0.05, 0) is 57.0 Å². The van der Waals surface area contributed by atoms with E-state index >= 15 is 0 Å². The predicted molar refractivity (Wildman–Crippen MR) is 73.8 cm³/mol. The molecule has 1 atom stereocenters. The summed E-state index contributed by atoms with van der Waals surface area (Å²) < 4.78 is 5.62. The number of rotatable bonds is 6. The van der Waals surface area contributed by atoms with Crippen LogP contribution in [0.2, 0.25) is 0 Å². The Labute approximate surface area is 114 Å². The predicted octanol–water partition coefficient (Wildman–Crippen LogP) is 2.64. The standard InChI is InChI=1S/C15H21NO3/c1-12-4-2-9-16(12)10-3-11-19-14-7-5-13(6-8-14)15(17)18/h5-8,12H,2-4,9-11H2,1H3,(H,17,18). The number of nitrogens with zero attached hydrogens (tertiary/aromatic N) is 1. The van der Waals surface area contributed by atoms with E-state index in [0.717, 1.165) is 18.7 Å². The normalized spacial score (nSPS) is 19.5. The second kappa shape index (κ2) is 6.57. The molecule has 2 rings (SSSR count). The summed E-state index contributed by atoms with van der Waals surface area (Å²) in [5, 5.41) is 8.79. The van der Waals surface area contributed by atoms with Crippen LogP contribution in [0, 0.1) is 0 Å². The summed E-state index contributed by atoms with van der Waals surface area (Å²) in [6.45, 7) is 5.23. The zero-order valence-corrected chi connectivity index (χ0v) is 11.3. The van der Waals surface area contributed by atoms with Gasteiger partial charge >= 0.3 is 5.97 Å². The lowest BCUT2D eigenvalue weighted by atomic mass is 10.2. The van der Waals surface area contributed by atoms with Crippen LogP contribution in [0.15, 0.2) is 24.3 Å². The van der Waals surface area contributed by atoms with E-state index in [2.05, 4.69) is 11.8 Å². The first-order valence-corrected chi connectivity index (χ1v) is 6.87. The molecule has 19 heavy (non-hydrogen) atoms. The van der Waals surface area contributed by atoms with Gasteiger partial charge in [-0.1, -0.05) is 0 Å². The average molecular weight is 263 g/mol. The lowest BCUT2D eigenvalue weighted by molar-refractivity contribution is 0.0697. The van der Waals surface area contributed by atoms with Crippen molar-refractivity contribution in [1.82, 2.24) is 4.90 Å². The molecule has 0 bridgehead atoms. The molecule has 4 nitrogen and oxygen atoms in total. The zero-order valence-electron chi connectivity index (χ0n) is 11.3. The Bertz CT molecular complexity index is 416. The maximum absolute atomic E-state index is 10.7. The third-order valence-corrected chi connectivity index (χ3v) is 3.65. The molecule has 4 heteroatoms. The Balaban J connectivity index is 1.69. The number of hydrogen-bond acceptors (Lipinski definition) is 3. The number of ether oxygens (including phenoxy) is 1. The second-order valence-electron chi connectivity index (χ2n) is 5.06.